The fourth-order valence-corrected chi connectivity index (χ4v) is 2.31. The van der Waals surface area contributed by atoms with Crippen molar-refractivity contribution in [3.8, 4) is 0 Å². The maximum absolute atomic E-state index is 11.4. The smallest absolute Gasteiger partial charge is 0.307 e. The Morgan fingerprint density at radius 1 is 1.10 bits per heavy atom. The highest BCUT2D eigenvalue weighted by atomic mass is 16.4. The first-order valence-electron chi connectivity index (χ1n) is 7.15. The lowest BCUT2D eigenvalue weighted by molar-refractivity contribution is -0.141. The summed E-state index contributed by atoms with van der Waals surface area (Å²) in [5.41, 5.74) is 3.35. The highest BCUT2D eigenvalue weighted by Gasteiger charge is 2.17. The van der Waals surface area contributed by atoms with Crippen LogP contribution in [0.1, 0.15) is 23.1 Å². The third-order valence-electron chi connectivity index (χ3n) is 3.61. The van der Waals surface area contributed by atoms with Gasteiger partial charge in [0.25, 0.3) is 0 Å². The van der Waals surface area contributed by atoms with Crippen molar-refractivity contribution >= 4 is 12.0 Å². The molecule has 108 valence electrons. The Labute approximate surface area is 125 Å². The number of benzene rings is 2. The van der Waals surface area contributed by atoms with Gasteiger partial charge in [-0.1, -0.05) is 66.7 Å². The molecule has 0 amide bonds. The van der Waals surface area contributed by atoms with E-state index in [1.165, 1.54) is 0 Å². The molecule has 1 N–H and O–H groups in total. The Balaban J connectivity index is 2.02. The summed E-state index contributed by atoms with van der Waals surface area (Å²) in [6.07, 6.45) is 5.04. The van der Waals surface area contributed by atoms with E-state index in [-0.39, 0.29) is 5.92 Å². The molecular formula is C19H20O2. The Hall–Kier alpha value is -2.35. The topological polar surface area (TPSA) is 37.3 Å². The summed E-state index contributed by atoms with van der Waals surface area (Å²) in [5, 5.41) is 9.39. The molecule has 0 radical (unpaired) electrons. The van der Waals surface area contributed by atoms with Crippen LogP contribution in [0.5, 0.6) is 0 Å². The molecule has 0 bridgehead atoms. The van der Waals surface area contributed by atoms with Crippen LogP contribution in [0.15, 0.2) is 60.7 Å². The predicted molar refractivity (Wildman–Crippen MR) is 86.1 cm³/mol. The molecule has 2 aromatic carbocycles. The maximum atomic E-state index is 11.4. The van der Waals surface area contributed by atoms with Gasteiger partial charge in [0.1, 0.15) is 0 Å². The van der Waals surface area contributed by atoms with Crippen LogP contribution in [0.2, 0.25) is 0 Å². The molecule has 2 nitrogen and oxygen atoms in total. The van der Waals surface area contributed by atoms with E-state index in [2.05, 4.69) is 0 Å². The second-order valence-electron chi connectivity index (χ2n) is 5.21. The number of carboxylic acids is 1. The highest BCUT2D eigenvalue weighted by Crippen LogP contribution is 2.17. The molecule has 0 aliphatic carbocycles. The quantitative estimate of drug-likeness (QED) is 0.854. The molecule has 2 rings (SSSR count). The van der Waals surface area contributed by atoms with Gasteiger partial charge in [-0.05, 0) is 36.5 Å². The zero-order valence-corrected chi connectivity index (χ0v) is 12.2. The first-order valence-corrected chi connectivity index (χ1v) is 7.15. The van der Waals surface area contributed by atoms with Crippen LogP contribution in [-0.2, 0) is 11.2 Å². The molecule has 0 aliphatic heterocycles. The normalized spacial score (nSPS) is 12.4. The van der Waals surface area contributed by atoms with Gasteiger partial charge in [0.15, 0.2) is 0 Å². The van der Waals surface area contributed by atoms with E-state index in [1.54, 1.807) is 0 Å². The van der Waals surface area contributed by atoms with E-state index in [0.717, 1.165) is 16.7 Å². The summed E-state index contributed by atoms with van der Waals surface area (Å²) < 4.78 is 0. The number of hydrogen-bond acceptors (Lipinski definition) is 1. The number of aliphatic carboxylic acids is 1. The lowest BCUT2D eigenvalue weighted by Gasteiger charge is -2.12. The third-order valence-corrected chi connectivity index (χ3v) is 3.61. The molecular weight excluding hydrogens is 260 g/mol. The van der Waals surface area contributed by atoms with E-state index in [1.807, 2.05) is 73.7 Å². The SMILES string of the molecule is Cc1ccccc1CC(CC=Cc1ccccc1)C(=O)O. The monoisotopic (exact) mass is 280 g/mol. The van der Waals surface area contributed by atoms with E-state index in [4.69, 9.17) is 0 Å². The minimum Gasteiger partial charge on any atom is -0.481 e. The predicted octanol–water partition coefficient (Wildman–Crippen LogP) is 4.34. The van der Waals surface area contributed by atoms with Gasteiger partial charge in [0, 0.05) is 0 Å². The molecule has 0 spiro atoms. The molecule has 2 heteroatoms. The standard InChI is InChI=1S/C19H20O2/c1-15-8-5-6-12-17(15)14-18(19(20)21)13-7-11-16-9-3-2-4-10-16/h2-12,18H,13-14H2,1H3,(H,20,21). The lowest BCUT2D eigenvalue weighted by Crippen LogP contribution is -2.16. The first-order chi connectivity index (χ1) is 10.2. The van der Waals surface area contributed by atoms with Gasteiger partial charge in [-0.15, -0.1) is 0 Å². The minimum absolute atomic E-state index is 0.383. The van der Waals surface area contributed by atoms with Crippen molar-refractivity contribution in [1.82, 2.24) is 0 Å². The van der Waals surface area contributed by atoms with Gasteiger partial charge in [-0.25, -0.2) is 0 Å². The van der Waals surface area contributed by atoms with Crippen molar-refractivity contribution in [3.05, 3.63) is 77.4 Å². The zero-order chi connectivity index (χ0) is 15.1. The van der Waals surface area contributed by atoms with Gasteiger partial charge in [-0.3, -0.25) is 4.79 Å². The van der Waals surface area contributed by atoms with Gasteiger partial charge in [0.05, 0.1) is 5.92 Å². The molecule has 1 atom stereocenters. The number of hydrogen-bond donors (Lipinski definition) is 1. The van der Waals surface area contributed by atoms with Crippen molar-refractivity contribution in [2.45, 2.75) is 19.8 Å². The van der Waals surface area contributed by atoms with Gasteiger partial charge < -0.3 is 5.11 Å². The zero-order valence-electron chi connectivity index (χ0n) is 12.2. The van der Waals surface area contributed by atoms with Crippen molar-refractivity contribution in [3.63, 3.8) is 0 Å². The van der Waals surface area contributed by atoms with Crippen molar-refractivity contribution in [2.75, 3.05) is 0 Å². The fraction of sp³-hybridized carbons (Fsp3) is 0.211. The average molecular weight is 280 g/mol. The van der Waals surface area contributed by atoms with Crippen LogP contribution in [0.4, 0.5) is 0 Å². The minimum atomic E-state index is -0.740. The number of allylic oxidation sites excluding steroid dienone is 1. The second-order valence-corrected chi connectivity index (χ2v) is 5.21. The summed E-state index contributed by atoms with van der Waals surface area (Å²) >= 11 is 0. The van der Waals surface area contributed by atoms with Crippen LogP contribution in [0.3, 0.4) is 0 Å². The summed E-state index contributed by atoms with van der Waals surface area (Å²) in [6, 6.07) is 17.9. The number of carbonyl (C=O) groups is 1. The van der Waals surface area contributed by atoms with Gasteiger partial charge in [-0.2, -0.15) is 0 Å². The Morgan fingerprint density at radius 2 is 1.76 bits per heavy atom. The Morgan fingerprint density at radius 3 is 2.43 bits per heavy atom. The van der Waals surface area contributed by atoms with Crippen molar-refractivity contribution in [2.24, 2.45) is 5.92 Å². The first kappa shape index (κ1) is 15.0. The van der Waals surface area contributed by atoms with Crippen molar-refractivity contribution < 1.29 is 9.90 Å². The average Bonchev–Trinajstić information content (AvgIpc) is 2.49. The van der Waals surface area contributed by atoms with Crippen LogP contribution in [-0.4, -0.2) is 11.1 Å². The van der Waals surface area contributed by atoms with E-state index in [9.17, 15) is 9.90 Å². The molecule has 0 heterocycles. The van der Waals surface area contributed by atoms with E-state index < -0.39 is 5.97 Å². The second kappa shape index (κ2) is 7.44. The molecule has 0 aromatic heterocycles. The number of aryl methyl sites for hydroxylation is 1. The van der Waals surface area contributed by atoms with Gasteiger partial charge in [0.2, 0.25) is 0 Å². The van der Waals surface area contributed by atoms with E-state index in [0.29, 0.717) is 12.8 Å². The summed E-state index contributed by atoms with van der Waals surface area (Å²) in [6.45, 7) is 2.02. The molecule has 1 unspecified atom stereocenters. The third kappa shape index (κ3) is 4.60. The Bertz CT molecular complexity index is 614. The molecule has 0 saturated heterocycles. The molecule has 0 fully saturated rings. The molecule has 0 aliphatic rings. The maximum Gasteiger partial charge on any atom is 0.307 e. The van der Waals surface area contributed by atoms with E-state index >= 15 is 0 Å². The summed E-state index contributed by atoms with van der Waals surface area (Å²) in [7, 11) is 0. The van der Waals surface area contributed by atoms with Crippen LogP contribution in [0, 0.1) is 12.8 Å². The number of carboxylic acid groups (broad SMARTS) is 1. The van der Waals surface area contributed by atoms with Gasteiger partial charge >= 0.3 is 5.97 Å². The van der Waals surface area contributed by atoms with Crippen LogP contribution < -0.4 is 0 Å². The summed E-state index contributed by atoms with van der Waals surface area (Å²) in [5.74, 6) is -1.12. The molecule has 0 saturated carbocycles. The summed E-state index contributed by atoms with van der Waals surface area (Å²) in [4.78, 5) is 11.4. The number of rotatable bonds is 6. The van der Waals surface area contributed by atoms with Crippen LogP contribution in [0.25, 0.3) is 6.08 Å². The highest BCUT2D eigenvalue weighted by molar-refractivity contribution is 5.71. The molecule has 2 aromatic rings. The Kier molecular flexibility index (Phi) is 5.33. The largest absolute Gasteiger partial charge is 0.481 e. The van der Waals surface area contributed by atoms with Crippen molar-refractivity contribution in [1.29, 1.82) is 0 Å². The van der Waals surface area contributed by atoms with Crippen LogP contribution >= 0.6 is 0 Å². The lowest BCUT2D eigenvalue weighted by atomic mass is 9.93. The fourth-order valence-electron chi connectivity index (χ4n) is 2.31. The molecule has 21 heavy (non-hydrogen) atoms.